The van der Waals surface area contributed by atoms with Crippen molar-refractivity contribution in [1.82, 2.24) is 19.1 Å². The van der Waals surface area contributed by atoms with Gasteiger partial charge in [-0.05, 0) is 51.1 Å². The number of fused-ring (bicyclic) bond motifs is 4. The molecule has 34 heavy (non-hydrogen) atoms. The lowest BCUT2D eigenvalue weighted by atomic mass is 10.1. The van der Waals surface area contributed by atoms with Crippen LogP contribution in [-0.2, 0) is 13.1 Å². The number of primary amides is 1. The van der Waals surface area contributed by atoms with Crippen molar-refractivity contribution in [2.24, 2.45) is 5.73 Å². The zero-order valence-corrected chi connectivity index (χ0v) is 19.3. The van der Waals surface area contributed by atoms with Crippen LogP contribution in [0.5, 0.6) is 5.75 Å². The summed E-state index contributed by atoms with van der Waals surface area (Å²) in [5.41, 5.74) is 8.89. The van der Waals surface area contributed by atoms with Crippen molar-refractivity contribution in [3.05, 3.63) is 65.2 Å². The Labute approximate surface area is 197 Å². The fourth-order valence-corrected chi connectivity index (χ4v) is 4.22. The van der Waals surface area contributed by atoms with E-state index in [9.17, 15) is 9.90 Å². The molecular weight excluding hydrogens is 430 g/mol. The lowest BCUT2D eigenvalue weighted by Crippen LogP contribution is -2.19. The third-order valence-corrected chi connectivity index (χ3v) is 5.76. The SMILES string of the molecule is Cc1nc2ccccc2n1Cc1c(C(N)=O)nc2n1CCOc1ccc(C#CC(C)(C)O)cc1-2. The largest absolute Gasteiger partial charge is 0.491 e. The molecule has 0 fully saturated rings. The number of imidazole rings is 2. The van der Waals surface area contributed by atoms with Crippen LogP contribution in [0, 0.1) is 18.8 Å². The molecule has 3 N–H and O–H groups in total. The predicted octanol–water partition coefficient (Wildman–Crippen LogP) is 2.87. The number of carbonyl (C=O) groups excluding carboxylic acids is 1. The van der Waals surface area contributed by atoms with Gasteiger partial charge in [-0.1, -0.05) is 24.0 Å². The Balaban J connectivity index is 1.66. The van der Waals surface area contributed by atoms with Crippen LogP contribution in [0.15, 0.2) is 42.5 Å². The van der Waals surface area contributed by atoms with E-state index in [0.717, 1.165) is 22.4 Å². The topological polar surface area (TPSA) is 108 Å². The highest BCUT2D eigenvalue weighted by molar-refractivity contribution is 5.93. The first-order chi connectivity index (χ1) is 16.2. The summed E-state index contributed by atoms with van der Waals surface area (Å²) in [7, 11) is 0. The van der Waals surface area contributed by atoms with Crippen LogP contribution in [0.2, 0.25) is 0 Å². The van der Waals surface area contributed by atoms with Gasteiger partial charge < -0.3 is 24.7 Å². The first-order valence-electron chi connectivity index (χ1n) is 11.0. The smallest absolute Gasteiger partial charge is 0.269 e. The van der Waals surface area contributed by atoms with Crippen LogP contribution in [0.3, 0.4) is 0 Å². The molecule has 0 radical (unpaired) electrons. The molecule has 0 unspecified atom stereocenters. The molecule has 172 valence electrons. The van der Waals surface area contributed by atoms with Gasteiger partial charge in [0.2, 0.25) is 0 Å². The van der Waals surface area contributed by atoms with E-state index in [-0.39, 0.29) is 5.69 Å². The van der Waals surface area contributed by atoms with E-state index < -0.39 is 11.5 Å². The molecule has 0 aliphatic carbocycles. The number of hydrogen-bond acceptors (Lipinski definition) is 5. The molecular formula is C26H25N5O3. The van der Waals surface area contributed by atoms with Gasteiger partial charge in [0.25, 0.3) is 5.91 Å². The van der Waals surface area contributed by atoms with Crippen molar-refractivity contribution in [2.75, 3.05) is 6.61 Å². The van der Waals surface area contributed by atoms with E-state index >= 15 is 0 Å². The van der Waals surface area contributed by atoms with Gasteiger partial charge >= 0.3 is 0 Å². The molecule has 8 heteroatoms. The molecule has 0 saturated carbocycles. The number of hydrogen-bond donors (Lipinski definition) is 2. The molecule has 4 aromatic rings. The summed E-state index contributed by atoms with van der Waals surface area (Å²) in [5.74, 6) is 7.33. The summed E-state index contributed by atoms with van der Waals surface area (Å²) >= 11 is 0. The average Bonchev–Trinajstić information content (AvgIpc) is 3.24. The lowest BCUT2D eigenvalue weighted by Gasteiger charge is -2.12. The third kappa shape index (κ3) is 3.91. The molecule has 2 aromatic heterocycles. The van der Waals surface area contributed by atoms with Gasteiger partial charge in [0, 0.05) is 5.56 Å². The minimum absolute atomic E-state index is 0.230. The van der Waals surface area contributed by atoms with Gasteiger partial charge in [-0.25, -0.2) is 9.97 Å². The van der Waals surface area contributed by atoms with Crippen LogP contribution < -0.4 is 10.5 Å². The van der Waals surface area contributed by atoms with Crippen LogP contribution in [-0.4, -0.2) is 42.3 Å². The number of aromatic nitrogens is 4. The van der Waals surface area contributed by atoms with Crippen molar-refractivity contribution in [3.8, 4) is 29.0 Å². The molecule has 1 amide bonds. The second-order valence-electron chi connectivity index (χ2n) is 8.85. The Kier molecular flexibility index (Phi) is 5.14. The zero-order chi connectivity index (χ0) is 24.0. The summed E-state index contributed by atoms with van der Waals surface area (Å²) in [4.78, 5) is 21.7. The second-order valence-corrected chi connectivity index (χ2v) is 8.85. The fourth-order valence-electron chi connectivity index (χ4n) is 4.22. The number of amides is 1. The third-order valence-electron chi connectivity index (χ3n) is 5.76. The molecule has 0 spiro atoms. The van der Waals surface area contributed by atoms with Gasteiger partial charge in [0.05, 0.1) is 35.4 Å². The summed E-state index contributed by atoms with van der Waals surface area (Å²) in [6, 6.07) is 13.4. The summed E-state index contributed by atoms with van der Waals surface area (Å²) in [6.45, 7) is 6.52. The maximum atomic E-state index is 12.4. The number of ether oxygens (including phenoxy) is 1. The van der Waals surface area contributed by atoms with Crippen molar-refractivity contribution in [3.63, 3.8) is 0 Å². The number of rotatable bonds is 3. The number of carbonyl (C=O) groups is 1. The van der Waals surface area contributed by atoms with Crippen LogP contribution in [0.1, 0.15) is 41.4 Å². The van der Waals surface area contributed by atoms with E-state index in [1.807, 2.05) is 54.0 Å². The van der Waals surface area contributed by atoms with Crippen molar-refractivity contribution < 1.29 is 14.6 Å². The number of aryl methyl sites for hydroxylation is 1. The second kappa shape index (κ2) is 8.04. The van der Waals surface area contributed by atoms with Crippen LogP contribution in [0.25, 0.3) is 22.4 Å². The fraction of sp³-hybridized carbons (Fsp3) is 0.269. The molecule has 1 aliphatic heterocycles. The molecule has 3 heterocycles. The Morgan fingerprint density at radius 3 is 2.79 bits per heavy atom. The Bertz CT molecular complexity index is 1490. The lowest BCUT2D eigenvalue weighted by molar-refractivity contribution is 0.0994. The van der Waals surface area contributed by atoms with Crippen molar-refractivity contribution >= 4 is 16.9 Å². The average molecular weight is 456 g/mol. The van der Waals surface area contributed by atoms with Crippen LogP contribution in [0.4, 0.5) is 0 Å². The molecule has 0 atom stereocenters. The molecule has 0 bridgehead atoms. The summed E-state index contributed by atoms with van der Waals surface area (Å²) < 4.78 is 10.0. The summed E-state index contributed by atoms with van der Waals surface area (Å²) in [6.07, 6.45) is 0. The number of nitrogens with two attached hydrogens (primary N) is 1. The Morgan fingerprint density at radius 2 is 2.03 bits per heavy atom. The Hall–Kier alpha value is -4.09. The van der Waals surface area contributed by atoms with Gasteiger partial charge in [-0.2, -0.15) is 0 Å². The van der Waals surface area contributed by atoms with Gasteiger partial charge in [-0.15, -0.1) is 0 Å². The maximum absolute atomic E-state index is 12.4. The quantitative estimate of drug-likeness (QED) is 0.462. The number of para-hydroxylation sites is 2. The van der Waals surface area contributed by atoms with E-state index in [0.29, 0.717) is 42.5 Å². The van der Waals surface area contributed by atoms with Gasteiger partial charge in [0.15, 0.2) is 5.69 Å². The van der Waals surface area contributed by atoms with Gasteiger partial charge in [0.1, 0.15) is 29.6 Å². The monoisotopic (exact) mass is 455 g/mol. The standard InChI is InChI=1S/C26H25N5O3/c1-16-28-19-6-4-5-7-20(19)31(16)15-21-23(24(27)32)29-25-18-14-17(10-11-26(2,3)33)8-9-22(18)34-13-12-30(21)25/h4-9,14,33H,12-13,15H2,1-3H3,(H2,27,32). The van der Waals surface area contributed by atoms with E-state index in [4.69, 9.17) is 10.5 Å². The van der Waals surface area contributed by atoms with Crippen molar-refractivity contribution in [2.45, 2.75) is 39.5 Å². The molecule has 8 nitrogen and oxygen atoms in total. The van der Waals surface area contributed by atoms with Crippen molar-refractivity contribution in [1.29, 1.82) is 0 Å². The van der Waals surface area contributed by atoms with E-state index in [1.165, 1.54) is 0 Å². The molecule has 1 aliphatic rings. The predicted molar refractivity (Wildman–Crippen MR) is 128 cm³/mol. The highest BCUT2D eigenvalue weighted by atomic mass is 16.5. The number of benzene rings is 2. The Morgan fingerprint density at radius 1 is 1.24 bits per heavy atom. The van der Waals surface area contributed by atoms with E-state index in [2.05, 4.69) is 26.4 Å². The number of aliphatic hydroxyl groups is 1. The first-order valence-corrected chi connectivity index (χ1v) is 11.0. The van der Waals surface area contributed by atoms with Crippen LogP contribution >= 0.6 is 0 Å². The molecule has 5 rings (SSSR count). The minimum atomic E-state index is -1.11. The molecule has 2 aromatic carbocycles. The molecule has 0 saturated heterocycles. The number of nitrogens with zero attached hydrogens (tertiary/aromatic N) is 4. The minimum Gasteiger partial charge on any atom is -0.491 e. The zero-order valence-electron chi connectivity index (χ0n) is 19.3. The maximum Gasteiger partial charge on any atom is 0.269 e. The van der Waals surface area contributed by atoms with E-state index in [1.54, 1.807) is 13.8 Å². The first kappa shape index (κ1) is 21.7. The highest BCUT2D eigenvalue weighted by Crippen LogP contribution is 2.35. The normalized spacial score (nSPS) is 12.8. The highest BCUT2D eigenvalue weighted by Gasteiger charge is 2.26. The van der Waals surface area contributed by atoms with Gasteiger partial charge in [-0.3, -0.25) is 4.79 Å². The summed E-state index contributed by atoms with van der Waals surface area (Å²) in [5, 5.41) is 9.97.